The molecule has 0 spiro atoms. The molecule has 0 bridgehead atoms. The fourth-order valence-corrected chi connectivity index (χ4v) is 4.37. The molecule has 2 aliphatic carbocycles. The van der Waals surface area contributed by atoms with Gasteiger partial charge in [0.25, 0.3) is 0 Å². The Morgan fingerprint density at radius 3 is 2.42 bits per heavy atom. The van der Waals surface area contributed by atoms with Crippen LogP contribution < -0.4 is 0 Å². The first-order valence-corrected chi connectivity index (χ1v) is 9.59. The molecular formula is C21H30O3. The van der Waals surface area contributed by atoms with Crippen LogP contribution in [0.25, 0.3) is 0 Å². The Morgan fingerprint density at radius 2 is 1.71 bits per heavy atom. The zero-order valence-electron chi connectivity index (χ0n) is 14.7. The predicted molar refractivity (Wildman–Crippen MR) is 94.4 cm³/mol. The Balaban J connectivity index is 1.78. The Labute approximate surface area is 145 Å². The minimum absolute atomic E-state index is 0.0305. The van der Waals surface area contributed by atoms with Crippen molar-refractivity contribution in [3.63, 3.8) is 0 Å². The summed E-state index contributed by atoms with van der Waals surface area (Å²) in [5.41, 5.74) is -0.806. The molecule has 24 heavy (non-hydrogen) atoms. The van der Waals surface area contributed by atoms with Crippen LogP contribution in [0.4, 0.5) is 0 Å². The van der Waals surface area contributed by atoms with Crippen LogP contribution in [0.15, 0.2) is 30.3 Å². The molecule has 2 aliphatic rings. The molecule has 3 heteroatoms. The maximum atomic E-state index is 13.0. The number of aliphatic hydroxyl groups is 1. The SMILES string of the molecule is CC1CCC[C@H](OC(=O)[C@@](O)(c2ccccc2)C2CCCC2)CC1. The van der Waals surface area contributed by atoms with Crippen LogP contribution in [-0.4, -0.2) is 17.2 Å². The third-order valence-electron chi connectivity index (χ3n) is 5.95. The van der Waals surface area contributed by atoms with E-state index in [9.17, 15) is 9.90 Å². The maximum absolute atomic E-state index is 13.0. The maximum Gasteiger partial charge on any atom is 0.343 e. The van der Waals surface area contributed by atoms with Gasteiger partial charge < -0.3 is 9.84 Å². The van der Waals surface area contributed by atoms with Gasteiger partial charge in [-0.05, 0) is 50.0 Å². The first-order valence-electron chi connectivity index (χ1n) is 9.59. The average Bonchev–Trinajstić information content (AvgIpc) is 3.07. The van der Waals surface area contributed by atoms with Crippen LogP contribution in [0.3, 0.4) is 0 Å². The number of carbonyl (C=O) groups is 1. The second-order valence-electron chi connectivity index (χ2n) is 7.75. The lowest BCUT2D eigenvalue weighted by Crippen LogP contribution is -2.44. The van der Waals surface area contributed by atoms with Gasteiger partial charge in [0.1, 0.15) is 6.10 Å². The number of hydrogen-bond donors (Lipinski definition) is 1. The highest BCUT2D eigenvalue weighted by Crippen LogP contribution is 2.42. The summed E-state index contributed by atoms with van der Waals surface area (Å²) in [5.74, 6) is 0.244. The van der Waals surface area contributed by atoms with E-state index in [-0.39, 0.29) is 12.0 Å². The molecule has 0 aliphatic heterocycles. The van der Waals surface area contributed by atoms with E-state index in [1.807, 2.05) is 30.3 Å². The first-order chi connectivity index (χ1) is 11.6. The molecule has 1 aromatic rings. The molecule has 2 saturated carbocycles. The van der Waals surface area contributed by atoms with E-state index in [4.69, 9.17) is 4.74 Å². The van der Waals surface area contributed by atoms with Crippen molar-refractivity contribution < 1.29 is 14.6 Å². The van der Waals surface area contributed by atoms with Crippen molar-refractivity contribution >= 4 is 5.97 Å². The second-order valence-corrected chi connectivity index (χ2v) is 7.75. The van der Waals surface area contributed by atoms with Gasteiger partial charge in [-0.3, -0.25) is 0 Å². The van der Waals surface area contributed by atoms with E-state index < -0.39 is 11.6 Å². The third-order valence-corrected chi connectivity index (χ3v) is 5.95. The summed E-state index contributed by atoms with van der Waals surface area (Å²) in [5, 5.41) is 11.4. The van der Waals surface area contributed by atoms with Crippen LogP contribution >= 0.6 is 0 Å². The molecule has 2 fully saturated rings. The molecule has 0 heterocycles. The van der Waals surface area contributed by atoms with Gasteiger partial charge in [-0.2, -0.15) is 0 Å². The molecule has 3 atom stereocenters. The van der Waals surface area contributed by atoms with E-state index in [1.54, 1.807) is 0 Å². The molecule has 1 aromatic carbocycles. The lowest BCUT2D eigenvalue weighted by molar-refractivity contribution is -0.180. The van der Waals surface area contributed by atoms with Crippen LogP contribution in [-0.2, 0) is 15.1 Å². The van der Waals surface area contributed by atoms with Crippen LogP contribution in [0.5, 0.6) is 0 Å². The van der Waals surface area contributed by atoms with Crippen molar-refractivity contribution in [1.82, 2.24) is 0 Å². The lowest BCUT2D eigenvalue weighted by atomic mass is 9.80. The molecular weight excluding hydrogens is 300 g/mol. The summed E-state index contributed by atoms with van der Waals surface area (Å²) in [6.07, 6.45) is 9.15. The van der Waals surface area contributed by atoms with E-state index in [1.165, 1.54) is 6.42 Å². The van der Waals surface area contributed by atoms with Crippen molar-refractivity contribution in [2.24, 2.45) is 11.8 Å². The highest BCUT2D eigenvalue weighted by molar-refractivity contribution is 5.81. The van der Waals surface area contributed by atoms with Crippen molar-refractivity contribution in [2.75, 3.05) is 0 Å². The summed E-state index contributed by atoms with van der Waals surface area (Å²) in [4.78, 5) is 13.0. The molecule has 132 valence electrons. The van der Waals surface area contributed by atoms with Crippen molar-refractivity contribution in [3.8, 4) is 0 Å². The summed E-state index contributed by atoms with van der Waals surface area (Å²) >= 11 is 0. The molecule has 1 unspecified atom stereocenters. The standard InChI is InChI=1S/C21H30O3/c1-16-8-7-13-19(15-14-16)24-20(22)21(23,18-11-5-6-12-18)17-9-3-2-4-10-17/h2-4,9-10,16,18-19,23H,5-8,11-15H2,1H3/t16?,19-,21+/m0/s1. The van der Waals surface area contributed by atoms with Crippen LogP contribution in [0, 0.1) is 11.8 Å². The van der Waals surface area contributed by atoms with E-state index >= 15 is 0 Å². The highest BCUT2D eigenvalue weighted by Gasteiger charge is 2.48. The highest BCUT2D eigenvalue weighted by atomic mass is 16.6. The Morgan fingerprint density at radius 1 is 1.00 bits per heavy atom. The molecule has 1 N–H and O–H groups in total. The molecule has 0 radical (unpaired) electrons. The van der Waals surface area contributed by atoms with Gasteiger partial charge in [-0.15, -0.1) is 0 Å². The Bertz CT molecular complexity index is 535. The van der Waals surface area contributed by atoms with Crippen LogP contribution in [0.1, 0.15) is 70.3 Å². The Kier molecular flexibility index (Phi) is 5.60. The number of esters is 1. The molecule has 0 amide bonds. The van der Waals surface area contributed by atoms with Crippen LogP contribution in [0.2, 0.25) is 0 Å². The van der Waals surface area contributed by atoms with Gasteiger partial charge in [0.15, 0.2) is 5.60 Å². The lowest BCUT2D eigenvalue weighted by Gasteiger charge is -2.33. The van der Waals surface area contributed by atoms with Gasteiger partial charge in [-0.25, -0.2) is 4.79 Å². The zero-order chi connectivity index (χ0) is 17.0. The van der Waals surface area contributed by atoms with E-state index in [2.05, 4.69) is 6.92 Å². The number of rotatable bonds is 4. The normalized spacial score (nSPS) is 28.1. The van der Waals surface area contributed by atoms with Crippen molar-refractivity contribution in [1.29, 1.82) is 0 Å². The molecule has 3 rings (SSSR count). The van der Waals surface area contributed by atoms with Gasteiger partial charge in [-0.1, -0.05) is 56.5 Å². The molecule has 0 aromatic heterocycles. The smallest absolute Gasteiger partial charge is 0.343 e. The predicted octanol–water partition coefficient (Wildman–Crippen LogP) is 4.58. The summed E-state index contributed by atoms with van der Waals surface area (Å²) < 4.78 is 5.86. The van der Waals surface area contributed by atoms with Crippen molar-refractivity contribution in [3.05, 3.63) is 35.9 Å². The topological polar surface area (TPSA) is 46.5 Å². The minimum Gasteiger partial charge on any atom is -0.460 e. The van der Waals surface area contributed by atoms with Gasteiger partial charge >= 0.3 is 5.97 Å². The third kappa shape index (κ3) is 3.66. The number of carbonyl (C=O) groups excluding carboxylic acids is 1. The number of ether oxygens (including phenoxy) is 1. The van der Waals surface area contributed by atoms with E-state index in [0.717, 1.165) is 51.4 Å². The number of hydrogen-bond acceptors (Lipinski definition) is 3. The minimum atomic E-state index is -1.49. The second kappa shape index (κ2) is 7.69. The summed E-state index contributed by atoms with van der Waals surface area (Å²) in [6, 6.07) is 9.39. The number of benzene rings is 1. The quantitative estimate of drug-likeness (QED) is 0.649. The van der Waals surface area contributed by atoms with Crippen molar-refractivity contribution in [2.45, 2.75) is 76.4 Å². The Hall–Kier alpha value is -1.35. The summed E-state index contributed by atoms with van der Waals surface area (Å²) in [6.45, 7) is 2.27. The fraction of sp³-hybridized carbons (Fsp3) is 0.667. The molecule has 0 saturated heterocycles. The van der Waals surface area contributed by atoms with Gasteiger partial charge in [0.2, 0.25) is 0 Å². The van der Waals surface area contributed by atoms with E-state index in [0.29, 0.717) is 11.5 Å². The molecule has 3 nitrogen and oxygen atoms in total. The largest absolute Gasteiger partial charge is 0.460 e. The average molecular weight is 330 g/mol. The zero-order valence-corrected chi connectivity index (χ0v) is 14.7. The fourth-order valence-electron chi connectivity index (χ4n) is 4.37. The first kappa shape index (κ1) is 17.5. The monoisotopic (exact) mass is 330 g/mol. The van der Waals surface area contributed by atoms with Gasteiger partial charge in [0.05, 0.1) is 0 Å². The van der Waals surface area contributed by atoms with Gasteiger partial charge in [0, 0.05) is 5.92 Å². The summed E-state index contributed by atoms with van der Waals surface area (Å²) in [7, 11) is 0.